The fourth-order valence-corrected chi connectivity index (χ4v) is 4.96. The summed E-state index contributed by atoms with van der Waals surface area (Å²) in [5.41, 5.74) is 1.28. The second kappa shape index (κ2) is 6.63. The summed E-state index contributed by atoms with van der Waals surface area (Å²) >= 11 is 1.89. The topological polar surface area (TPSA) is 31.4 Å². The van der Waals surface area contributed by atoms with E-state index >= 15 is 0 Å². The summed E-state index contributed by atoms with van der Waals surface area (Å²) in [7, 11) is 2.02. The number of hydrogen-bond acceptors (Lipinski definition) is 5. The van der Waals surface area contributed by atoms with E-state index in [2.05, 4.69) is 29.0 Å². The van der Waals surface area contributed by atoms with E-state index in [9.17, 15) is 0 Å². The van der Waals surface area contributed by atoms with E-state index in [1.165, 1.54) is 48.1 Å². The quantitative estimate of drug-likeness (QED) is 0.926. The Labute approximate surface area is 132 Å². The van der Waals surface area contributed by atoms with Crippen LogP contribution in [0.1, 0.15) is 43.7 Å². The number of anilines is 1. The van der Waals surface area contributed by atoms with Gasteiger partial charge in [0.05, 0.1) is 5.69 Å². The van der Waals surface area contributed by atoms with Crippen LogP contribution in [0.25, 0.3) is 0 Å². The SMILES string of the molecule is CCc1nc(N2CC3CCCCN3CC2C)sc1CNC. The molecule has 2 fully saturated rings. The van der Waals surface area contributed by atoms with E-state index in [1.54, 1.807) is 0 Å². The molecule has 0 saturated carbocycles. The number of hydrogen-bond donors (Lipinski definition) is 1. The maximum absolute atomic E-state index is 4.94. The van der Waals surface area contributed by atoms with E-state index in [0.717, 1.165) is 25.6 Å². The van der Waals surface area contributed by atoms with Gasteiger partial charge in [0.15, 0.2) is 5.13 Å². The first-order valence-electron chi connectivity index (χ1n) is 8.36. The van der Waals surface area contributed by atoms with Gasteiger partial charge in [0.1, 0.15) is 0 Å². The van der Waals surface area contributed by atoms with Crippen LogP contribution in [0.5, 0.6) is 0 Å². The lowest BCUT2D eigenvalue weighted by molar-refractivity contribution is 0.115. The molecule has 2 unspecified atom stereocenters. The third-order valence-electron chi connectivity index (χ3n) is 4.87. The van der Waals surface area contributed by atoms with Crippen molar-refractivity contribution in [2.45, 2.75) is 58.2 Å². The Balaban J connectivity index is 1.79. The standard InChI is InChI=1S/C16H28N4S/c1-4-14-15(9-17-3)21-16(18-14)20-11-13-7-5-6-8-19(13)10-12(20)2/h12-13,17H,4-11H2,1-3H3. The monoisotopic (exact) mass is 308 g/mol. The van der Waals surface area contributed by atoms with Crippen LogP contribution in [0.3, 0.4) is 0 Å². The smallest absolute Gasteiger partial charge is 0.186 e. The summed E-state index contributed by atoms with van der Waals surface area (Å²) in [6, 6.07) is 1.33. The van der Waals surface area contributed by atoms with Crippen molar-refractivity contribution in [1.82, 2.24) is 15.2 Å². The molecule has 1 N–H and O–H groups in total. The van der Waals surface area contributed by atoms with Crippen LogP contribution in [-0.4, -0.2) is 48.6 Å². The van der Waals surface area contributed by atoms with Gasteiger partial charge in [0.25, 0.3) is 0 Å². The van der Waals surface area contributed by atoms with Crippen molar-refractivity contribution in [1.29, 1.82) is 0 Å². The summed E-state index contributed by atoms with van der Waals surface area (Å²) in [4.78, 5) is 11.6. The lowest BCUT2D eigenvalue weighted by atomic mass is 9.97. The number of piperidine rings is 1. The number of aryl methyl sites for hydroxylation is 1. The minimum atomic E-state index is 0.581. The molecule has 0 spiro atoms. The average Bonchev–Trinajstić information content (AvgIpc) is 2.90. The maximum Gasteiger partial charge on any atom is 0.186 e. The Morgan fingerprint density at radius 2 is 2.19 bits per heavy atom. The van der Waals surface area contributed by atoms with Crippen molar-refractivity contribution in [3.8, 4) is 0 Å². The van der Waals surface area contributed by atoms with Gasteiger partial charge < -0.3 is 10.2 Å². The van der Waals surface area contributed by atoms with Crippen molar-refractivity contribution in [2.75, 3.05) is 31.6 Å². The first-order valence-corrected chi connectivity index (χ1v) is 9.18. The minimum absolute atomic E-state index is 0.581. The van der Waals surface area contributed by atoms with Crippen molar-refractivity contribution in [3.05, 3.63) is 10.6 Å². The van der Waals surface area contributed by atoms with Gasteiger partial charge in [0.2, 0.25) is 0 Å². The number of piperazine rings is 1. The molecule has 3 rings (SSSR count). The lowest BCUT2D eigenvalue weighted by Crippen LogP contribution is -2.58. The molecule has 118 valence electrons. The van der Waals surface area contributed by atoms with Crippen LogP contribution < -0.4 is 10.2 Å². The third-order valence-corrected chi connectivity index (χ3v) is 6.01. The van der Waals surface area contributed by atoms with E-state index in [4.69, 9.17) is 4.98 Å². The highest BCUT2D eigenvalue weighted by atomic mass is 32.1. The Hall–Kier alpha value is -0.650. The van der Waals surface area contributed by atoms with E-state index in [-0.39, 0.29) is 0 Å². The molecule has 1 aromatic heterocycles. The first kappa shape index (κ1) is 15.3. The Kier molecular flexibility index (Phi) is 4.82. The highest BCUT2D eigenvalue weighted by Crippen LogP contribution is 2.32. The summed E-state index contributed by atoms with van der Waals surface area (Å²) < 4.78 is 0. The molecule has 5 heteroatoms. The first-order chi connectivity index (χ1) is 10.2. The molecule has 2 aliphatic heterocycles. The second-order valence-electron chi connectivity index (χ2n) is 6.40. The molecular weight excluding hydrogens is 280 g/mol. The zero-order valence-corrected chi connectivity index (χ0v) is 14.4. The Morgan fingerprint density at radius 3 is 2.95 bits per heavy atom. The van der Waals surface area contributed by atoms with Crippen molar-refractivity contribution < 1.29 is 0 Å². The summed E-state index contributed by atoms with van der Waals surface area (Å²) in [6.45, 7) is 9.17. The molecule has 2 aliphatic rings. The number of aromatic nitrogens is 1. The van der Waals surface area contributed by atoms with Gasteiger partial charge >= 0.3 is 0 Å². The Morgan fingerprint density at radius 1 is 1.33 bits per heavy atom. The zero-order valence-electron chi connectivity index (χ0n) is 13.6. The van der Waals surface area contributed by atoms with Crippen LogP contribution in [0, 0.1) is 0 Å². The zero-order chi connectivity index (χ0) is 14.8. The lowest BCUT2D eigenvalue weighted by Gasteiger charge is -2.47. The molecule has 4 nitrogen and oxygen atoms in total. The Bertz CT molecular complexity index is 473. The van der Waals surface area contributed by atoms with Gasteiger partial charge in [0, 0.05) is 36.6 Å². The number of thiazole rings is 1. The molecule has 1 aromatic rings. The molecule has 2 saturated heterocycles. The van der Waals surface area contributed by atoms with Crippen LogP contribution in [-0.2, 0) is 13.0 Å². The highest BCUT2D eigenvalue weighted by molar-refractivity contribution is 7.15. The van der Waals surface area contributed by atoms with Crippen LogP contribution in [0.2, 0.25) is 0 Å². The molecule has 21 heavy (non-hydrogen) atoms. The molecule has 3 heterocycles. The molecule has 0 amide bonds. The van der Waals surface area contributed by atoms with Gasteiger partial charge in [-0.2, -0.15) is 0 Å². The number of nitrogens with one attached hydrogen (secondary N) is 1. The summed E-state index contributed by atoms with van der Waals surface area (Å²) in [6.07, 6.45) is 5.17. The molecule has 0 bridgehead atoms. The molecule has 0 aromatic carbocycles. The summed E-state index contributed by atoms with van der Waals surface area (Å²) in [5, 5.41) is 4.52. The van der Waals surface area contributed by atoms with Gasteiger partial charge in [-0.15, -0.1) is 11.3 Å². The number of nitrogens with zero attached hydrogens (tertiary/aromatic N) is 3. The third kappa shape index (κ3) is 3.10. The molecule has 0 aliphatic carbocycles. The van der Waals surface area contributed by atoms with Crippen molar-refractivity contribution in [2.24, 2.45) is 0 Å². The largest absolute Gasteiger partial charge is 0.343 e. The minimum Gasteiger partial charge on any atom is -0.343 e. The van der Waals surface area contributed by atoms with Crippen molar-refractivity contribution in [3.63, 3.8) is 0 Å². The van der Waals surface area contributed by atoms with Gasteiger partial charge in [-0.1, -0.05) is 13.3 Å². The average molecular weight is 308 g/mol. The molecule has 2 atom stereocenters. The predicted molar refractivity (Wildman–Crippen MR) is 90.3 cm³/mol. The van der Waals surface area contributed by atoms with E-state index in [1.807, 2.05) is 18.4 Å². The van der Waals surface area contributed by atoms with E-state index in [0.29, 0.717) is 6.04 Å². The van der Waals surface area contributed by atoms with Gasteiger partial charge in [-0.3, -0.25) is 4.90 Å². The van der Waals surface area contributed by atoms with Gasteiger partial charge in [-0.05, 0) is 39.8 Å². The predicted octanol–water partition coefficient (Wildman–Crippen LogP) is 2.49. The van der Waals surface area contributed by atoms with Crippen LogP contribution in [0.4, 0.5) is 5.13 Å². The molecular formula is C16H28N4S. The van der Waals surface area contributed by atoms with Crippen LogP contribution in [0.15, 0.2) is 0 Å². The highest BCUT2D eigenvalue weighted by Gasteiger charge is 2.34. The number of fused-ring (bicyclic) bond motifs is 1. The summed E-state index contributed by atoms with van der Waals surface area (Å²) in [5.74, 6) is 0. The number of rotatable bonds is 4. The van der Waals surface area contributed by atoms with Crippen LogP contribution >= 0.6 is 11.3 Å². The fraction of sp³-hybridized carbons (Fsp3) is 0.812. The maximum atomic E-state index is 4.94. The second-order valence-corrected chi connectivity index (χ2v) is 7.46. The van der Waals surface area contributed by atoms with E-state index < -0.39 is 0 Å². The normalized spacial score (nSPS) is 26.9. The van der Waals surface area contributed by atoms with Crippen molar-refractivity contribution >= 4 is 16.5 Å². The molecule has 0 radical (unpaired) electrons. The van der Waals surface area contributed by atoms with Gasteiger partial charge in [-0.25, -0.2) is 4.98 Å². The fourth-order valence-electron chi connectivity index (χ4n) is 3.69.